The Morgan fingerprint density at radius 1 is 1.30 bits per heavy atom. The molecule has 0 saturated heterocycles. The minimum absolute atomic E-state index is 0.0944. The molecule has 23 heavy (non-hydrogen) atoms. The molecule has 0 amide bonds. The Bertz CT molecular complexity index is 816. The molecule has 0 atom stereocenters. The van der Waals surface area contributed by atoms with Crippen molar-refractivity contribution in [2.75, 3.05) is 11.4 Å². The van der Waals surface area contributed by atoms with E-state index in [0.29, 0.717) is 29.5 Å². The zero-order valence-electron chi connectivity index (χ0n) is 13.3. The van der Waals surface area contributed by atoms with Crippen molar-refractivity contribution < 1.29 is 9.18 Å². The number of hydrogen-bond donors (Lipinski definition) is 0. The smallest absolute Gasteiger partial charge is 0.173 e. The first-order valence-electron chi connectivity index (χ1n) is 7.41. The summed E-state index contributed by atoms with van der Waals surface area (Å²) >= 11 is 0. The number of anilines is 2. The van der Waals surface area contributed by atoms with Gasteiger partial charge in [0.25, 0.3) is 0 Å². The number of carbonyl (C=O) groups is 1. The third-order valence-electron chi connectivity index (χ3n) is 3.97. The molecular formula is C17H17FN4O. The molecule has 1 aliphatic heterocycles. The SMILES string of the molecule is CC(=O)C(C)=Nc1c(C)ncnc1N1CCc2cc(F)ccc21. The van der Waals surface area contributed by atoms with Crippen molar-refractivity contribution >= 4 is 28.7 Å². The molecule has 2 aromatic rings. The summed E-state index contributed by atoms with van der Waals surface area (Å²) in [7, 11) is 0. The van der Waals surface area contributed by atoms with E-state index in [1.54, 1.807) is 19.1 Å². The highest BCUT2D eigenvalue weighted by Crippen LogP contribution is 2.39. The molecule has 1 aromatic heterocycles. The van der Waals surface area contributed by atoms with E-state index < -0.39 is 0 Å². The number of rotatable bonds is 3. The van der Waals surface area contributed by atoms with Gasteiger partial charge in [0.05, 0.1) is 11.4 Å². The predicted octanol–water partition coefficient (Wildman–Crippen LogP) is 3.30. The maximum absolute atomic E-state index is 13.4. The number of fused-ring (bicyclic) bond motifs is 1. The number of aryl methyl sites for hydroxylation is 1. The normalized spacial score (nSPS) is 14.1. The van der Waals surface area contributed by atoms with Crippen LogP contribution in [0, 0.1) is 12.7 Å². The summed E-state index contributed by atoms with van der Waals surface area (Å²) in [5, 5.41) is 0. The Hall–Kier alpha value is -2.63. The maximum Gasteiger partial charge on any atom is 0.173 e. The fourth-order valence-corrected chi connectivity index (χ4v) is 2.62. The van der Waals surface area contributed by atoms with E-state index in [-0.39, 0.29) is 11.6 Å². The number of hydrogen-bond acceptors (Lipinski definition) is 5. The highest BCUT2D eigenvalue weighted by atomic mass is 19.1. The molecule has 0 radical (unpaired) electrons. The number of carbonyl (C=O) groups excluding carboxylic acids is 1. The molecule has 0 unspecified atom stereocenters. The summed E-state index contributed by atoms with van der Waals surface area (Å²) in [6.45, 7) is 5.67. The number of aromatic nitrogens is 2. The quantitative estimate of drug-likeness (QED) is 0.816. The third-order valence-corrected chi connectivity index (χ3v) is 3.97. The minimum Gasteiger partial charge on any atom is -0.324 e. The van der Waals surface area contributed by atoms with Gasteiger partial charge in [-0.2, -0.15) is 0 Å². The Kier molecular flexibility index (Phi) is 3.90. The first-order valence-corrected chi connectivity index (χ1v) is 7.41. The molecule has 0 bridgehead atoms. The summed E-state index contributed by atoms with van der Waals surface area (Å²) in [5.41, 5.74) is 3.55. The molecule has 1 aliphatic rings. The lowest BCUT2D eigenvalue weighted by molar-refractivity contribution is -0.111. The monoisotopic (exact) mass is 312 g/mol. The molecule has 2 heterocycles. The van der Waals surface area contributed by atoms with Gasteiger partial charge >= 0.3 is 0 Å². The minimum atomic E-state index is -0.241. The number of aliphatic imine (C=N–C) groups is 1. The first-order chi connectivity index (χ1) is 11.0. The van der Waals surface area contributed by atoms with Gasteiger partial charge in [0.2, 0.25) is 0 Å². The molecule has 0 aliphatic carbocycles. The van der Waals surface area contributed by atoms with Crippen molar-refractivity contribution in [3.05, 3.63) is 41.6 Å². The molecule has 6 heteroatoms. The number of Topliss-reactive ketones (excluding diaryl/α,β-unsaturated/α-hetero) is 1. The van der Waals surface area contributed by atoms with Crippen molar-refractivity contribution in [1.82, 2.24) is 9.97 Å². The summed E-state index contributed by atoms with van der Waals surface area (Å²) < 4.78 is 13.4. The van der Waals surface area contributed by atoms with Gasteiger partial charge in [-0.15, -0.1) is 0 Å². The van der Waals surface area contributed by atoms with E-state index in [0.717, 1.165) is 17.7 Å². The van der Waals surface area contributed by atoms with E-state index in [4.69, 9.17) is 0 Å². The zero-order chi connectivity index (χ0) is 16.6. The Morgan fingerprint density at radius 2 is 2.09 bits per heavy atom. The number of nitrogens with zero attached hydrogens (tertiary/aromatic N) is 4. The summed E-state index contributed by atoms with van der Waals surface area (Å²) in [4.78, 5) is 26.5. The molecule has 0 N–H and O–H groups in total. The van der Waals surface area contributed by atoms with Gasteiger partial charge < -0.3 is 4.90 Å². The fraction of sp³-hybridized carbons (Fsp3) is 0.294. The highest BCUT2D eigenvalue weighted by molar-refractivity contribution is 6.38. The van der Waals surface area contributed by atoms with Crippen LogP contribution in [0.15, 0.2) is 29.5 Å². The van der Waals surface area contributed by atoms with E-state index in [1.807, 2.05) is 11.8 Å². The molecule has 0 fully saturated rings. The van der Waals surface area contributed by atoms with Crippen LogP contribution in [0.2, 0.25) is 0 Å². The van der Waals surface area contributed by atoms with Crippen molar-refractivity contribution in [2.45, 2.75) is 27.2 Å². The standard InChI is InChI=1S/C17H17FN4O/c1-10(12(3)23)21-16-11(2)19-9-20-17(16)22-7-6-13-8-14(18)4-5-15(13)22/h4-5,8-9H,6-7H2,1-3H3. The largest absolute Gasteiger partial charge is 0.324 e. The number of ketones is 1. The second-order valence-corrected chi connectivity index (χ2v) is 5.56. The van der Waals surface area contributed by atoms with Crippen molar-refractivity contribution in [3.8, 4) is 0 Å². The first kappa shape index (κ1) is 15.3. The average molecular weight is 312 g/mol. The van der Waals surface area contributed by atoms with Crippen molar-refractivity contribution in [3.63, 3.8) is 0 Å². The lowest BCUT2D eigenvalue weighted by atomic mass is 10.1. The van der Waals surface area contributed by atoms with Gasteiger partial charge in [-0.25, -0.2) is 19.4 Å². The molecular weight excluding hydrogens is 295 g/mol. The van der Waals surface area contributed by atoms with Gasteiger partial charge in [-0.1, -0.05) is 0 Å². The molecule has 1 aromatic carbocycles. The molecule has 118 valence electrons. The van der Waals surface area contributed by atoms with Crippen LogP contribution in [0.25, 0.3) is 0 Å². The van der Waals surface area contributed by atoms with Gasteiger partial charge in [0, 0.05) is 19.2 Å². The van der Waals surface area contributed by atoms with E-state index in [1.165, 1.54) is 19.3 Å². The summed E-state index contributed by atoms with van der Waals surface area (Å²) in [5.74, 6) is 0.307. The number of halogens is 1. The lowest BCUT2D eigenvalue weighted by Gasteiger charge is -2.20. The van der Waals surface area contributed by atoms with Crippen molar-refractivity contribution in [1.29, 1.82) is 0 Å². The van der Waals surface area contributed by atoms with E-state index >= 15 is 0 Å². The lowest BCUT2D eigenvalue weighted by Crippen LogP contribution is -2.16. The highest BCUT2D eigenvalue weighted by Gasteiger charge is 2.25. The van der Waals surface area contributed by atoms with Gasteiger partial charge in [-0.3, -0.25) is 4.79 Å². The van der Waals surface area contributed by atoms with Crippen LogP contribution in [0.3, 0.4) is 0 Å². The van der Waals surface area contributed by atoms with E-state index in [9.17, 15) is 9.18 Å². The predicted molar refractivity (Wildman–Crippen MR) is 87.3 cm³/mol. The summed E-state index contributed by atoms with van der Waals surface area (Å²) in [6, 6.07) is 4.74. The molecule has 0 saturated carbocycles. The van der Waals surface area contributed by atoms with Gasteiger partial charge in [0.15, 0.2) is 11.6 Å². The van der Waals surface area contributed by atoms with Crippen LogP contribution >= 0.6 is 0 Å². The van der Waals surface area contributed by atoms with E-state index in [2.05, 4.69) is 15.0 Å². The molecule has 0 spiro atoms. The van der Waals surface area contributed by atoms with Gasteiger partial charge in [-0.05, 0) is 44.0 Å². The van der Waals surface area contributed by atoms with Crippen LogP contribution in [0.5, 0.6) is 0 Å². The van der Waals surface area contributed by atoms with Crippen LogP contribution in [-0.2, 0) is 11.2 Å². The van der Waals surface area contributed by atoms with Crippen molar-refractivity contribution in [2.24, 2.45) is 4.99 Å². The second kappa shape index (κ2) is 5.87. The van der Waals surface area contributed by atoms with Crippen LogP contribution in [0.1, 0.15) is 25.1 Å². The third kappa shape index (κ3) is 2.84. The summed E-state index contributed by atoms with van der Waals surface area (Å²) in [6.07, 6.45) is 2.22. The second-order valence-electron chi connectivity index (χ2n) is 5.56. The topological polar surface area (TPSA) is 58.5 Å². The Labute approximate surface area is 133 Å². The average Bonchev–Trinajstić information content (AvgIpc) is 2.91. The molecule has 3 rings (SSSR count). The zero-order valence-corrected chi connectivity index (χ0v) is 13.3. The number of benzene rings is 1. The van der Waals surface area contributed by atoms with Crippen LogP contribution in [-0.4, -0.2) is 28.0 Å². The van der Waals surface area contributed by atoms with Crippen LogP contribution in [0.4, 0.5) is 21.6 Å². The Balaban J connectivity index is 2.11. The Morgan fingerprint density at radius 3 is 2.83 bits per heavy atom. The maximum atomic E-state index is 13.4. The fourth-order valence-electron chi connectivity index (χ4n) is 2.62. The molecule has 5 nitrogen and oxygen atoms in total. The van der Waals surface area contributed by atoms with Crippen LogP contribution < -0.4 is 4.90 Å². The van der Waals surface area contributed by atoms with Gasteiger partial charge in [0.1, 0.15) is 17.8 Å².